The molecule has 2 heterocycles. The molecule has 8 nitrogen and oxygen atoms in total. The molecule has 14 heteroatoms. The molecule has 0 fully saturated rings. The van der Waals surface area contributed by atoms with Gasteiger partial charge in [-0.2, -0.15) is 17.5 Å². The van der Waals surface area contributed by atoms with Gasteiger partial charge in [0.15, 0.2) is 0 Å². The van der Waals surface area contributed by atoms with E-state index in [0.29, 0.717) is 16.8 Å². The van der Waals surface area contributed by atoms with Gasteiger partial charge in [0.25, 0.3) is 0 Å². The van der Waals surface area contributed by atoms with Gasteiger partial charge in [-0.25, -0.2) is 17.2 Å². The van der Waals surface area contributed by atoms with Crippen molar-refractivity contribution in [1.82, 2.24) is 19.6 Å². The van der Waals surface area contributed by atoms with Gasteiger partial charge in [0.2, 0.25) is 15.9 Å². The van der Waals surface area contributed by atoms with Crippen LogP contribution in [-0.4, -0.2) is 55.5 Å². The van der Waals surface area contributed by atoms with Crippen molar-refractivity contribution in [1.29, 1.82) is 0 Å². The number of pyridine rings is 2. The molecule has 1 atom stereocenters. The van der Waals surface area contributed by atoms with Crippen molar-refractivity contribution in [3.63, 3.8) is 0 Å². The molecule has 0 aliphatic carbocycles. The fourth-order valence-corrected chi connectivity index (χ4v) is 4.71. The largest absolute Gasteiger partial charge is 0.494 e. The van der Waals surface area contributed by atoms with Crippen LogP contribution in [-0.2, 0) is 27.5 Å². The van der Waals surface area contributed by atoms with Crippen molar-refractivity contribution in [2.45, 2.75) is 36.6 Å². The molecule has 2 aromatic heterocycles. The highest BCUT2D eigenvalue weighted by Crippen LogP contribution is 2.32. The Morgan fingerprint density at radius 2 is 1.79 bits per heavy atom. The van der Waals surface area contributed by atoms with Crippen LogP contribution in [0.25, 0.3) is 11.1 Å². The standard InChI is InChI=1S/C25H25F5N4O4S/c1-34(39(36,37)20-7-4-17(26)5-8-20)15-18(27)6-10-24(35)33-13-19-11-21(22(38-2)14-31-19)16-3-9-23(32-12-16)25(28,29)30/h3-5,7-9,11-12,14,18H,6,10,13,15H2,1-2H3,(H,33,35)/t18-/m1/s1. The molecule has 0 saturated carbocycles. The highest BCUT2D eigenvalue weighted by Gasteiger charge is 2.32. The lowest BCUT2D eigenvalue weighted by atomic mass is 10.1. The summed E-state index contributed by atoms with van der Waals surface area (Å²) < 4.78 is 97.0. The Morgan fingerprint density at radius 3 is 2.38 bits per heavy atom. The minimum absolute atomic E-state index is 0.0559. The molecule has 39 heavy (non-hydrogen) atoms. The number of carbonyl (C=O) groups is 1. The number of rotatable bonds is 11. The SMILES string of the molecule is COc1cnc(CNC(=O)CC[C@@H](F)CN(C)S(=O)(=O)c2ccc(F)cc2)cc1-c1ccc(C(F)(F)F)nc1. The molecule has 0 unspecified atom stereocenters. The fraction of sp³-hybridized carbons (Fsp3) is 0.320. The van der Waals surface area contributed by atoms with Gasteiger partial charge in [0, 0.05) is 37.3 Å². The van der Waals surface area contributed by atoms with Gasteiger partial charge in [-0.3, -0.25) is 14.8 Å². The summed E-state index contributed by atoms with van der Waals surface area (Å²) in [6, 6.07) is 7.73. The van der Waals surface area contributed by atoms with Gasteiger partial charge < -0.3 is 10.1 Å². The van der Waals surface area contributed by atoms with Gasteiger partial charge in [-0.05, 0) is 42.8 Å². The summed E-state index contributed by atoms with van der Waals surface area (Å²) in [5.74, 6) is -0.840. The van der Waals surface area contributed by atoms with Crippen LogP contribution < -0.4 is 10.1 Å². The number of nitrogens with zero attached hydrogens (tertiary/aromatic N) is 3. The normalized spacial score (nSPS) is 12.8. The van der Waals surface area contributed by atoms with E-state index in [1.54, 1.807) is 0 Å². The van der Waals surface area contributed by atoms with Crippen LogP contribution in [0.3, 0.4) is 0 Å². The number of benzene rings is 1. The first-order valence-electron chi connectivity index (χ1n) is 11.5. The zero-order valence-corrected chi connectivity index (χ0v) is 21.7. The average molecular weight is 573 g/mol. The van der Waals surface area contributed by atoms with E-state index in [-0.39, 0.29) is 30.0 Å². The van der Waals surface area contributed by atoms with Gasteiger partial charge >= 0.3 is 6.18 Å². The number of hydrogen-bond acceptors (Lipinski definition) is 6. The van der Waals surface area contributed by atoms with Crippen LogP contribution in [0.4, 0.5) is 22.0 Å². The predicted molar refractivity (Wildman–Crippen MR) is 131 cm³/mol. The Labute approximate surface area is 221 Å². The van der Waals surface area contributed by atoms with Crippen molar-refractivity contribution in [2.75, 3.05) is 20.7 Å². The zero-order valence-electron chi connectivity index (χ0n) is 20.9. The summed E-state index contributed by atoms with van der Waals surface area (Å²) in [7, 11) is -1.48. The van der Waals surface area contributed by atoms with Gasteiger partial charge in [0.1, 0.15) is 23.4 Å². The first-order chi connectivity index (χ1) is 18.3. The molecular formula is C25H25F5N4O4S. The molecular weight excluding hydrogens is 547 g/mol. The second-order valence-corrected chi connectivity index (χ2v) is 10.5. The summed E-state index contributed by atoms with van der Waals surface area (Å²) in [6.45, 7) is -0.558. The molecule has 0 aliphatic rings. The maximum Gasteiger partial charge on any atom is 0.433 e. The second-order valence-electron chi connectivity index (χ2n) is 8.46. The first-order valence-corrected chi connectivity index (χ1v) is 12.9. The van der Waals surface area contributed by atoms with E-state index >= 15 is 0 Å². The molecule has 0 radical (unpaired) electrons. The van der Waals surface area contributed by atoms with Crippen LogP contribution in [0.15, 0.2) is 59.8 Å². The average Bonchev–Trinajstić information content (AvgIpc) is 2.90. The fourth-order valence-electron chi connectivity index (χ4n) is 3.51. The number of methoxy groups -OCH3 is 1. The third-order valence-electron chi connectivity index (χ3n) is 5.64. The Balaban J connectivity index is 1.55. The Morgan fingerprint density at radius 1 is 1.10 bits per heavy atom. The van der Waals surface area contributed by atoms with E-state index < -0.39 is 46.3 Å². The van der Waals surface area contributed by atoms with E-state index in [1.165, 1.54) is 32.5 Å². The number of ether oxygens (including phenoxy) is 1. The molecule has 0 spiro atoms. The lowest BCUT2D eigenvalue weighted by molar-refractivity contribution is -0.141. The van der Waals surface area contributed by atoms with Crippen molar-refractivity contribution >= 4 is 15.9 Å². The van der Waals surface area contributed by atoms with E-state index in [4.69, 9.17) is 4.74 Å². The molecule has 1 N–H and O–H groups in total. The summed E-state index contributed by atoms with van der Waals surface area (Å²) in [6.07, 6.45) is -4.32. The van der Waals surface area contributed by atoms with E-state index in [9.17, 15) is 35.2 Å². The number of halogens is 5. The number of amides is 1. The Kier molecular flexibility index (Phi) is 9.56. The van der Waals surface area contributed by atoms with E-state index in [0.717, 1.165) is 40.8 Å². The van der Waals surface area contributed by atoms with Crippen molar-refractivity contribution in [2.24, 2.45) is 0 Å². The number of nitrogens with one attached hydrogen (secondary N) is 1. The topological polar surface area (TPSA) is 101 Å². The van der Waals surface area contributed by atoms with Gasteiger partial charge in [0.05, 0.1) is 30.4 Å². The minimum Gasteiger partial charge on any atom is -0.494 e. The zero-order chi connectivity index (χ0) is 28.8. The maximum atomic E-state index is 14.5. The molecule has 0 aliphatic heterocycles. The first kappa shape index (κ1) is 29.9. The number of carbonyl (C=O) groups excluding carboxylic acids is 1. The Hall–Kier alpha value is -3.65. The second kappa shape index (κ2) is 12.5. The Bertz CT molecular complexity index is 1390. The molecule has 1 amide bonds. The predicted octanol–water partition coefficient (Wildman–Crippen LogP) is 4.37. The van der Waals surface area contributed by atoms with Crippen LogP contribution in [0.1, 0.15) is 24.2 Å². The summed E-state index contributed by atoms with van der Waals surface area (Å²) >= 11 is 0. The van der Waals surface area contributed by atoms with Crippen molar-refractivity contribution in [3.8, 4) is 16.9 Å². The smallest absolute Gasteiger partial charge is 0.433 e. The van der Waals surface area contributed by atoms with Crippen LogP contribution in [0.5, 0.6) is 5.75 Å². The van der Waals surface area contributed by atoms with E-state index in [2.05, 4.69) is 15.3 Å². The van der Waals surface area contributed by atoms with Gasteiger partial charge in [-0.15, -0.1) is 0 Å². The third-order valence-corrected chi connectivity index (χ3v) is 7.47. The number of hydrogen-bond donors (Lipinski definition) is 1. The minimum atomic E-state index is -4.58. The number of aromatic nitrogens is 2. The number of alkyl halides is 4. The molecule has 3 aromatic rings. The molecule has 3 rings (SSSR count). The lowest BCUT2D eigenvalue weighted by Gasteiger charge is -2.19. The van der Waals surface area contributed by atoms with E-state index in [1.807, 2.05) is 0 Å². The van der Waals surface area contributed by atoms with Crippen molar-refractivity contribution in [3.05, 3.63) is 72.1 Å². The van der Waals surface area contributed by atoms with Crippen LogP contribution in [0.2, 0.25) is 0 Å². The lowest BCUT2D eigenvalue weighted by Crippen LogP contribution is -2.33. The highest BCUT2D eigenvalue weighted by molar-refractivity contribution is 7.89. The monoisotopic (exact) mass is 572 g/mol. The molecule has 0 bridgehead atoms. The van der Waals surface area contributed by atoms with Crippen LogP contribution in [0, 0.1) is 5.82 Å². The number of sulfonamides is 1. The van der Waals surface area contributed by atoms with Gasteiger partial charge in [-0.1, -0.05) is 6.07 Å². The maximum absolute atomic E-state index is 14.5. The molecule has 1 aromatic carbocycles. The summed E-state index contributed by atoms with van der Waals surface area (Å²) in [5.41, 5.74) is 0.0696. The highest BCUT2D eigenvalue weighted by atomic mass is 32.2. The third kappa shape index (κ3) is 7.93. The molecule has 0 saturated heterocycles. The quantitative estimate of drug-likeness (QED) is 0.343. The molecule has 210 valence electrons. The van der Waals surface area contributed by atoms with Crippen LogP contribution >= 0.6 is 0 Å². The summed E-state index contributed by atoms with van der Waals surface area (Å²) in [5, 5.41) is 2.57. The van der Waals surface area contributed by atoms with Crippen molar-refractivity contribution < 1.29 is 39.9 Å². The summed E-state index contributed by atoms with van der Waals surface area (Å²) in [4.78, 5) is 19.7.